The van der Waals surface area contributed by atoms with Crippen LogP contribution in [0.15, 0.2) is 24.3 Å². The summed E-state index contributed by atoms with van der Waals surface area (Å²) in [6, 6.07) is 5.28. The zero-order chi connectivity index (χ0) is 15.6. The molecule has 0 aromatic heterocycles. The Bertz CT molecular complexity index is 537. The van der Waals surface area contributed by atoms with E-state index >= 15 is 0 Å². The Balaban J connectivity index is 3.01. The number of amides is 1. The number of nitrogens with one attached hydrogen (secondary N) is 1. The number of phosphoric ester groups is 1. The maximum Gasteiger partial charge on any atom is 0.524 e. The Kier molecular flexibility index (Phi) is 4.91. The lowest BCUT2D eigenvalue weighted by molar-refractivity contribution is -0.127. The van der Waals surface area contributed by atoms with Gasteiger partial charge in [-0.05, 0) is 26.8 Å². The van der Waals surface area contributed by atoms with Crippen LogP contribution in [0.5, 0.6) is 5.75 Å². The molecule has 1 aromatic carbocycles. The Morgan fingerprint density at radius 3 is 2.40 bits per heavy atom. The third-order valence-corrected chi connectivity index (χ3v) is 2.57. The molecule has 20 heavy (non-hydrogen) atoms. The summed E-state index contributed by atoms with van der Waals surface area (Å²) in [6.45, 7) is 5.07. The van der Waals surface area contributed by atoms with Gasteiger partial charge in [-0.1, -0.05) is 18.2 Å². The summed E-state index contributed by atoms with van der Waals surface area (Å²) in [5.41, 5.74) is -0.863. The van der Waals surface area contributed by atoms with Crippen LogP contribution in [-0.2, 0) is 9.36 Å². The van der Waals surface area contributed by atoms with E-state index in [1.165, 1.54) is 24.3 Å². The molecule has 0 aliphatic rings. The lowest BCUT2D eigenvalue weighted by atomic mass is 10.1. The quantitative estimate of drug-likeness (QED) is 0.740. The Hall–Kier alpha value is -1.43. The third-order valence-electron chi connectivity index (χ3n) is 2.14. The molecule has 1 amide bonds. The minimum absolute atomic E-state index is 0.238. The van der Waals surface area contributed by atoms with Crippen LogP contribution in [0.4, 0.5) is 4.39 Å². The second kappa shape index (κ2) is 5.91. The molecule has 1 atom stereocenters. The summed E-state index contributed by atoms with van der Waals surface area (Å²) >= 11 is 0. The van der Waals surface area contributed by atoms with E-state index in [1.807, 2.05) is 0 Å². The van der Waals surface area contributed by atoms with Crippen LogP contribution >= 0.6 is 7.82 Å². The van der Waals surface area contributed by atoms with Crippen molar-refractivity contribution >= 4 is 13.7 Å². The number of halogens is 1. The Morgan fingerprint density at radius 1 is 1.35 bits per heavy atom. The Labute approximate surface area is 116 Å². The average Bonchev–Trinajstić information content (AvgIpc) is 2.24. The van der Waals surface area contributed by atoms with Crippen molar-refractivity contribution in [2.45, 2.75) is 32.5 Å². The first kappa shape index (κ1) is 16.6. The SMILES string of the molecule is CC(C)(C)NC(=O)C(F)c1ccccc1OP(=O)(O)O. The number of hydrogen-bond donors (Lipinski definition) is 3. The molecule has 1 aromatic rings. The van der Waals surface area contributed by atoms with Crippen molar-refractivity contribution in [2.24, 2.45) is 0 Å². The number of hydrogen-bond acceptors (Lipinski definition) is 3. The van der Waals surface area contributed by atoms with Gasteiger partial charge in [0.2, 0.25) is 6.17 Å². The van der Waals surface area contributed by atoms with Gasteiger partial charge in [-0.15, -0.1) is 0 Å². The van der Waals surface area contributed by atoms with E-state index in [0.717, 1.165) is 0 Å². The molecule has 0 aliphatic carbocycles. The van der Waals surface area contributed by atoms with Crippen LogP contribution in [-0.4, -0.2) is 21.2 Å². The van der Waals surface area contributed by atoms with Crippen LogP contribution in [0.2, 0.25) is 0 Å². The number of alkyl halides is 1. The summed E-state index contributed by atoms with van der Waals surface area (Å²) < 4.78 is 29.4. The number of rotatable bonds is 4. The highest BCUT2D eigenvalue weighted by atomic mass is 31.2. The van der Waals surface area contributed by atoms with Crippen molar-refractivity contribution in [1.82, 2.24) is 5.32 Å². The lowest BCUT2D eigenvalue weighted by Gasteiger charge is -2.22. The van der Waals surface area contributed by atoms with Gasteiger partial charge in [0.25, 0.3) is 5.91 Å². The van der Waals surface area contributed by atoms with E-state index in [4.69, 9.17) is 9.79 Å². The molecule has 0 saturated heterocycles. The molecule has 0 radical (unpaired) electrons. The molecule has 112 valence electrons. The smallest absolute Gasteiger partial charge is 0.404 e. The van der Waals surface area contributed by atoms with Gasteiger partial charge in [-0.3, -0.25) is 14.6 Å². The minimum atomic E-state index is -4.82. The van der Waals surface area contributed by atoms with Gasteiger partial charge in [-0.2, -0.15) is 0 Å². The molecule has 0 saturated carbocycles. The molecular weight excluding hydrogens is 288 g/mol. The zero-order valence-electron chi connectivity index (χ0n) is 11.3. The number of carbonyl (C=O) groups is 1. The molecule has 0 bridgehead atoms. The molecule has 0 heterocycles. The topological polar surface area (TPSA) is 95.9 Å². The van der Waals surface area contributed by atoms with Crippen molar-refractivity contribution in [2.75, 3.05) is 0 Å². The van der Waals surface area contributed by atoms with E-state index < -0.39 is 25.4 Å². The fourth-order valence-corrected chi connectivity index (χ4v) is 1.90. The molecule has 3 N–H and O–H groups in total. The molecular formula is C12H17FNO5P. The number of carbonyl (C=O) groups excluding carboxylic acids is 1. The van der Waals surface area contributed by atoms with Crippen molar-refractivity contribution < 1.29 is 28.1 Å². The van der Waals surface area contributed by atoms with Gasteiger partial charge in [0.1, 0.15) is 5.75 Å². The summed E-state index contributed by atoms with van der Waals surface area (Å²) in [5, 5.41) is 2.44. The first-order chi connectivity index (χ1) is 8.99. The second-order valence-electron chi connectivity index (χ2n) is 5.22. The number of benzene rings is 1. The van der Waals surface area contributed by atoms with Gasteiger partial charge < -0.3 is 9.84 Å². The minimum Gasteiger partial charge on any atom is -0.404 e. The van der Waals surface area contributed by atoms with Crippen LogP contribution in [0.3, 0.4) is 0 Å². The average molecular weight is 305 g/mol. The first-order valence-electron chi connectivity index (χ1n) is 5.80. The first-order valence-corrected chi connectivity index (χ1v) is 7.33. The maximum atomic E-state index is 14.1. The van der Waals surface area contributed by atoms with Crippen molar-refractivity contribution in [3.8, 4) is 5.75 Å². The van der Waals surface area contributed by atoms with Crippen molar-refractivity contribution in [1.29, 1.82) is 0 Å². The maximum absolute atomic E-state index is 14.1. The van der Waals surface area contributed by atoms with Crippen LogP contribution in [0.1, 0.15) is 32.5 Å². The largest absolute Gasteiger partial charge is 0.524 e. The van der Waals surface area contributed by atoms with E-state index in [2.05, 4.69) is 9.84 Å². The fraction of sp³-hybridized carbons (Fsp3) is 0.417. The summed E-state index contributed by atoms with van der Waals surface area (Å²) in [5.74, 6) is -1.27. The predicted molar refractivity (Wildman–Crippen MR) is 70.9 cm³/mol. The van der Waals surface area contributed by atoms with Gasteiger partial charge in [0.15, 0.2) is 0 Å². The molecule has 0 fully saturated rings. The van der Waals surface area contributed by atoms with Crippen LogP contribution in [0.25, 0.3) is 0 Å². The molecule has 0 spiro atoms. The lowest BCUT2D eigenvalue weighted by Crippen LogP contribution is -2.42. The van der Waals surface area contributed by atoms with E-state index in [9.17, 15) is 13.8 Å². The van der Waals surface area contributed by atoms with Crippen LogP contribution < -0.4 is 9.84 Å². The highest BCUT2D eigenvalue weighted by Crippen LogP contribution is 2.41. The highest BCUT2D eigenvalue weighted by molar-refractivity contribution is 7.46. The van der Waals surface area contributed by atoms with Crippen LogP contribution in [0, 0.1) is 0 Å². The zero-order valence-corrected chi connectivity index (χ0v) is 12.2. The van der Waals surface area contributed by atoms with Gasteiger partial charge in [0, 0.05) is 11.1 Å². The monoisotopic (exact) mass is 305 g/mol. The Morgan fingerprint density at radius 2 is 1.90 bits per heavy atom. The number of phosphoric acid groups is 1. The van der Waals surface area contributed by atoms with Gasteiger partial charge in [0.05, 0.1) is 0 Å². The van der Waals surface area contributed by atoms with Gasteiger partial charge in [-0.25, -0.2) is 8.96 Å². The molecule has 1 rings (SSSR count). The summed E-state index contributed by atoms with van der Waals surface area (Å²) in [4.78, 5) is 29.3. The second-order valence-corrected chi connectivity index (χ2v) is 6.39. The van der Waals surface area contributed by atoms with Crippen molar-refractivity contribution in [3.63, 3.8) is 0 Å². The van der Waals surface area contributed by atoms with E-state index in [1.54, 1.807) is 20.8 Å². The third kappa shape index (κ3) is 5.28. The standard InChI is InChI=1S/C12H17FNO5P/c1-12(2,3)14-11(15)10(13)8-6-4-5-7-9(8)19-20(16,17)18/h4-7,10H,1-3H3,(H,14,15)(H2,16,17,18). The fourth-order valence-electron chi connectivity index (χ4n) is 1.48. The number of para-hydroxylation sites is 1. The normalized spacial score (nSPS) is 13.7. The van der Waals surface area contributed by atoms with Crippen molar-refractivity contribution in [3.05, 3.63) is 29.8 Å². The molecule has 0 aliphatic heterocycles. The highest BCUT2D eigenvalue weighted by Gasteiger charge is 2.28. The van der Waals surface area contributed by atoms with E-state index in [-0.39, 0.29) is 11.3 Å². The predicted octanol–water partition coefficient (Wildman–Crippen LogP) is 2.08. The summed E-state index contributed by atoms with van der Waals surface area (Å²) in [7, 11) is -4.82. The van der Waals surface area contributed by atoms with E-state index in [0.29, 0.717) is 0 Å². The molecule has 8 heteroatoms. The summed E-state index contributed by atoms with van der Waals surface area (Å²) in [6.07, 6.45) is -2.09. The molecule has 6 nitrogen and oxygen atoms in total. The van der Waals surface area contributed by atoms with Gasteiger partial charge >= 0.3 is 7.82 Å². The molecule has 1 unspecified atom stereocenters.